The lowest BCUT2D eigenvalue weighted by molar-refractivity contribution is -0.132. The molecule has 1 fully saturated rings. The Kier molecular flexibility index (Phi) is 6.91. The lowest BCUT2D eigenvalue weighted by atomic mass is 9.84. The van der Waals surface area contributed by atoms with E-state index in [-0.39, 0.29) is 16.7 Å². The van der Waals surface area contributed by atoms with Crippen LogP contribution in [0, 0.1) is 18.3 Å². The normalized spacial score (nSPS) is 17.1. The van der Waals surface area contributed by atoms with Crippen LogP contribution in [0.2, 0.25) is 0 Å². The molecule has 188 valence electrons. The number of Topliss-reactive ketones (excluding diaryl/α,β-unsaturated/α-hetero) is 1. The number of benzene rings is 3. The molecule has 1 N–H and O–H groups in total. The summed E-state index contributed by atoms with van der Waals surface area (Å²) in [7, 11) is 0. The van der Waals surface area contributed by atoms with Crippen molar-refractivity contribution in [3.63, 3.8) is 0 Å². The molecular formula is C31H30N2O4. The van der Waals surface area contributed by atoms with Crippen LogP contribution in [0.3, 0.4) is 0 Å². The minimum Gasteiger partial charge on any atom is -0.507 e. The maximum atomic E-state index is 13.5. The Balaban J connectivity index is 1.95. The van der Waals surface area contributed by atoms with Crippen molar-refractivity contribution < 1.29 is 19.4 Å². The van der Waals surface area contributed by atoms with Crippen molar-refractivity contribution in [2.75, 3.05) is 11.5 Å². The molecule has 3 aromatic carbocycles. The number of aryl methyl sites for hydroxylation is 1. The highest BCUT2D eigenvalue weighted by Gasteiger charge is 2.47. The molecule has 1 heterocycles. The first-order valence-corrected chi connectivity index (χ1v) is 12.2. The molecule has 0 spiro atoms. The number of nitrogens with zero attached hydrogens (tertiary/aromatic N) is 2. The first-order valence-electron chi connectivity index (χ1n) is 12.2. The van der Waals surface area contributed by atoms with Gasteiger partial charge in [0.1, 0.15) is 11.5 Å². The van der Waals surface area contributed by atoms with Gasteiger partial charge in [-0.1, -0.05) is 50.6 Å². The molecule has 0 aliphatic carbocycles. The molecule has 1 aliphatic heterocycles. The number of hydrogen-bond acceptors (Lipinski definition) is 5. The average Bonchev–Trinajstić information content (AvgIpc) is 3.13. The highest BCUT2D eigenvalue weighted by molar-refractivity contribution is 6.51. The van der Waals surface area contributed by atoms with Crippen molar-refractivity contribution >= 4 is 23.1 Å². The molecular weight excluding hydrogens is 464 g/mol. The maximum Gasteiger partial charge on any atom is 0.300 e. The topological polar surface area (TPSA) is 90.6 Å². The Bertz CT molecular complexity index is 1440. The second kappa shape index (κ2) is 9.94. The molecule has 1 aliphatic rings. The molecule has 0 aromatic heterocycles. The Labute approximate surface area is 217 Å². The third kappa shape index (κ3) is 4.85. The number of ether oxygens (including phenoxy) is 1. The number of amides is 1. The second-order valence-electron chi connectivity index (χ2n) is 10.1. The molecule has 1 amide bonds. The van der Waals surface area contributed by atoms with Crippen LogP contribution in [0.15, 0.2) is 72.3 Å². The van der Waals surface area contributed by atoms with Gasteiger partial charge in [-0.25, -0.2) is 0 Å². The SMILES string of the molecule is CCOc1ccc(/C(O)=C2/C(=O)C(=O)N(c3ccc(C#N)cc3)C2c2cccc(C)c2)cc1C(C)(C)C. The van der Waals surface area contributed by atoms with E-state index in [1.165, 1.54) is 4.90 Å². The van der Waals surface area contributed by atoms with E-state index >= 15 is 0 Å². The number of carbonyl (C=O) groups is 2. The molecule has 37 heavy (non-hydrogen) atoms. The number of nitriles is 1. The van der Waals surface area contributed by atoms with Gasteiger partial charge < -0.3 is 9.84 Å². The van der Waals surface area contributed by atoms with Crippen LogP contribution in [-0.4, -0.2) is 23.4 Å². The van der Waals surface area contributed by atoms with Gasteiger partial charge in [-0.15, -0.1) is 0 Å². The van der Waals surface area contributed by atoms with Gasteiger partial charge in [0.05, 0.1) is 29.9 Å². The summed E-state index contributed by atoms with van der Waals surface area (Å²) in [6, 6.07) is 20.6. The molecule has 6 heteroatoms. The third-order valence-corrected chi connectivity index (χ3v) is 6.44. The standard InChI is InChI=1S/C31H30N2O4/c1-6-37-25-15-12-22(17-24(25)31(3,4)5)28(34)26-27(21-9-7-8-19(2)16-21)33(30(36)29(26)35)23-13-10-20(18-32)11-14-23/h7-17,27,34H,6H2,1-5H3/b28-26-. The number of aliphatic hydroxyl groups is 1. The number of hydrogen-bond donors (Lipinski definition) is 1. The first-order chi connectivity index (χ1) is 17.6. The van der Waals surface area contributed by atoms with E-state index in [2.05, 4.69) is 6.07 Å². The zero-order valence-electron chi connectivity index (χ0n) is 21.7. The third-order valence-electron chi connectivity index (χ3n) is 6.44. The molecule has 4 rings (SSSR count). The van der Waals surface area contributed by atoms with Gasteiger partial charge >= 0.3 is 0 Å². The van der Waals surface area contributed by atoms with Crippen molar-refractivity contribution in [1.82, 2.24) is 0 Å². The first kappa shape index (κ1) is 25.7. The minimum absolute atomic E-state index is 0.0176. The van der Waals surface area contributed by atoms with Crippen LogP contribution in [0.1, 0.15) is 61.6 Å². The van der Waals surface area contributed by atoms with Crippen LogP contribution >= 0.6 is 0 Å². The Morgan fingerprint density at radius 1 is 1.05 bits per heavy atom. The summed E-state index contributed by atoms with van der Waals surface area (Å²) >= 11 is 0. The van der Waals surface area contributed by atoms with Crippen LogP contribution < -0.4 is 9.64 Å². The van der Waals surface area contributed by atoms with Gasteiger partial charge in [-0.3, -0.25) is 14.5 Å². The highest BCUT2D eigenvalue weighted by atomic mass is 16.5. The van der Waals surface area contributed by atoms with Crippen molar-refractivity contribution in [2.24, 2.45) is 0 Å². The molecule has 0 bridgehead atoms. The predicted molar refractivity (Wildman–Crippen MR) is 143 cm³/mol. The summed E-state index contributed by atoms with van der Waals surface area (Å²) in [6.07, 6.45) is 0. The lowest BCUT2D eigenvalue weighted by Gasteiger charge is -2.26. The monoisotopic (exact) mass is 494 g/mol. The molecule has 3 aromatic rings. The predicted octanol–water partition coefficient (Wildman–Crippen LogP) is 6.19. The molecule has 1 atom stereocenters. The molecule has 0 radical (unpaired) electrons. The zero-order valence-corrected chi connectivity index (χ0v) is 21.7. The smallest absolute Gasteiger partial charge is 0.300 e. The Morgan fingerprint density at radius 3 is 2.35 bits per heavy atom. The summed E-state index contributed by atoms with van der Waals surface area (Å²) < 4.78 is 5.81. The number of carbonyl (C=O) groups excluding carboxylic acids is 2. The van der Waals surface area contributed by atoms with E-state index in [0.717, 1.165) is 11.1 Å². The van der Waals surface area contributed by atoms with Gasteiger partial charge in [0.2, 0.25) is 0 Å². The van der Waals surface area contributed by atoms with Gasteiger partial charge in [0, 0.05) is 16.8 Å². The van der Waals surface area contributed by atoms with Gasteiger partial charge in [0.15, 0.2) is 0 Å². The van der Waals surface area contributed by atoms with E-state index in [9.17, 15) is 20.0 Å². The Hall–Kier alpha value is -4.37. The van der Waals surface area contributed by atoms with Gasteiger partial charge in [-0.05, 0) is 67.3 Å². The van der Waals surface area contributed by atoms with Crippen LogP contribution in [0.25, 0.3) is 5.76 Å². The number of ketones is 1. The lowest BCUT2D eigenvalue weighted by Crippen LogP contribution is -2.29. The Morgan fingerprint density at radius 2 is 1.76 bits per heavy atom. The quantitative estimate of drug-likeness (QED) is 0.259. The number of rotatable bonds is 5. The minimum atomic E-state index is -0.836. The summed E-state index contributed by atoms with van der Waals surface area (Å²) in [6.45, 7) is 10.5. The van der Waals surface area contributed by atoms with Crippen molar-refractivity contribution in [2.45, 2.75) is 46.1 Å². The van der Waals surface area contributed by atoms with Crippen molar-refractivity contribution in [1.29, 1.82) is 5.26 Å². The summed E-state index contributed by atoms with van der Waals surface area (Å²) in [5, 5.41) is 20.8. The fourth-order valence-electron chi connectivity index (χ4n) is 4.65. The maximum absolute atomic E-state index is 13.5. The largest absolute Gasteiger partial charge is 0.507 e. The van der Waals surface area contributed by atoms with Crippen LogP contribution in [0.4, 0.5) is 5.69 Å². The van der Waals surface area contributed by atoms with E-state index in [4.69, 9.17) is 4.74 Å². The van der Waals surface area contributed by atoms with Crippen LogP contribution in [-0.2, 0) is 15.0 Å². The fourth-order valence-corrected chi connectivity index (χ4v) is 4.65. The fraction of sp³-hybridized carbons (Fsp3) is 0.258. The number of aliphatic hydroxyl groups excluding tert-OH is 1. The van der Waals surface area contributed by atoms with Crippen LogP contribution in [0.5, 0.6) is 5.75 Å². The summed E-state index contributed by atoms with van der Waals surface area (Å²) in [4.78, 5) is 28.2. The molecule has 1 unspecified atom stereocenters. The van der Waals surface area contributed by atoms with E-state index < -0.39 is 17.7 Å². The summed E-state index contributed by atoms with van der Waals surface area (Å²) in [5.74, 6) is -1.03. The molecule has 0 saturated carbocycles. The van der Waals surface area contributed by atoms with Crippen molar-refractivity contribution in [3.05, 3.63) is 100 Å². The highest BCUT2D eigenvalue weighted by Crippen LogP contribution is 2.43. The second-order valence-corrected chi connectivity index (χ2v) is 10.1. The number of anilines is 1. The summed E-state index contributed by atoms with van der Waals surface area (Å²) in [5.41, 5.74) is 3.61. The van der Waals surface area contributed by atoms with Crippen molar-refractivity contribution in [3.8, 4) is 11.8 Å². The van der Waals surface area contributed by atoms with Gasteiger partial charge in [-0.2, -0.15) is 5.26 Å². The van der Waals surface area contributed by atoms with E-state index in [0.29, 0.717) is 34.7 Å². The van der Waals surface area contributed by atoms with E-state index in [1.54, 1.807) is 36.4 Å². The molecule has 1 saturated heterocycles. The van der Waals surface area contributed by atoms with E-state index in [1.807, 2.05) is 65.0 Å². The average molecular weight is 495 g/mol. The molecule has 6 nitrogen and oxygen atoms in total. The van der Waals surface area contributed by atoms with Gasteiger partial charge in [0.25, 0.3) is 11.7 Å². The zero-order chi connectivity index (χ0) is 26.9.